The van der Waals surface area contributed by atoms with Crippen LogP contribution in [0, 0.1) is 0 Å². The van der Waals surface area contributed by atoms with Crippen molar-refractivity contribution in [3.8, 4) is 5.75 Å². The van der Waals surface area contributed by atoms with Gasteiger partial charge in [-0.3, -0.25) is 9.59 Å². The van der Waals surface area contributed by atoms with Gasteiger partial charge in [-0.1, -0.05) is 35.9 Å². The fraction of sp³-hybridized carbons (Fsp3) is 0.364. The van der Waals surface area contributed by atoms with Gasteiger partial charge in [-0.15, -0.1) is 0 Å². The first kappa shape index (κ1) is 23.4. The molecule has 0 radical (unpaired) electrons. The van der Waals surface area contributed by atoms with Gasteiger partial charge in [-0.05, 0) is 23.8 Å². The molecule has 9 heteroatoms. The number of carbonyl (C=O) groups is 2. The average Bonchev–Trinajstić information content (AvgIpc) is 2.77. The second-order valence-corrected chi connectivity index (χ2v) is 8.33. The molecule has 166 valence electrons. The molecule has 0 saturated carbocycles. The average molecular weight is 463 g/mol. The van der Waals surface area contributed by atoms with Crippen molar-refractivity contribution >= 4 is 36.0 Å². The third kappa shape index (κ3) is 6.13. The Morgan fingerprint density at radius 1 is 1.23 bits per heavy atom. The van der Waals surface area contributed by atoms with Crippen LogP contribution >= 0.6 is 24.2 Å². The van der Waals surface area contributed by atoms with Gasteiger partial charge in [0.2, 0.25) is 5.91 Å². The Labute approximate surface area is 192 Å². The van der Waals surface area contributed by atoms with Crippen LogP contribution in [0.5, 0.6) is 5.75 Å². The molecular formula is C22H27ClN4O3S. The topological polar surface area (TPSA) is 119 Å². The Balaban J connectivity index is 1.76. The van der Waals surface area contributed by atoms with Gasteiger partial charge in [0.25, 0.3) is 5.91 Å². The maximum absolute atomic E-state index is 13.0. The van der Waals surface area contributed by atoms with Gasteiger partial charge in [0, 0.05) is 47.8 Å². The van der Waals surface area contributed by atoms with Gasteiger partial charge in [-0.25, -0.2) is 0 Å². The number of ether oxygens (including phenoxy) is 1. The Hall–Kier alpha value is -2.26. The van der Waals surface area contributed by atoms with Gasteiger partial charge >= 0.3 is 0 Å². The number of halogens is 1. The van der Waals surface area contributed by atoms with Crippen LogP contribution in [-0.4, -0.2) is 42.8 Å². The first-order valence-electron chi connectivity index (χ1n) is 10.1. The predicted molar refractivity (Wildman–Crippen MR) is 125 cm³/mol. The van der Waals surface area contributed by atoms with Crippen molar-refractivity contribution in [2.45, 2.75) is 31.0 Å². The first-order chi connectivity index (χ1) is 14.9. The van der Waals surface area contributed by atoms with E-state index in [-0.39, 0.29) is 18.5 Å². The lowest BCUT2D eigenvalue weighted by molar-refractivity contribution is -0.119. The molecule has 1 aliphatic rings. The van der Waals surface area contributed by atoms with Crippen molar-refractivity contribution in [3.05, 3.63) is 64.2 Å². The van der Waals surface area contributed by atoms with Gasteiger partial charge < -0.3 is 26.8 Å². The number of nitrogens with two attached hydrogens (primary N) is 2. The Bertz CT molecular complexity index is 925. The van der Waals surface area contributed by atoms with Crippen LogP contribution in [-0.2, 0) is 11.2 Å². The molecule has 1 unspecified atom stereocenters. The number of rotatable bonds is 9. The van der Waals surface area contributed by atoms with Crippen molar-refractivity contribution in [1.82, 2.24) is 10.6 Å². The molecular weight excluding hydrogens is 436 g/mol. The number of para-hydroxylation sites is 1. The molecule has 0 fully saturated rings. The maximum Gasteiger partial charge on any atom is 0.255 e. The molecule has 2 aromatic rings. The minimum atomic E-state index is -0.865. The molecule has 7 nitrogen and oxygen atoms in total. The lowest BCUT2D eigenvalue weighted by Gasteiger charge is -2.29. The third-order valence-corrected chi connectivity index (χ3v) is 5.90. The smallest absolute Gasteiger partial charge is 0.255 e. The molecule has 0 aliphatic carbocycles. The monoisotopic (exact) mass is 462 g/mol. The molecule has 31 heavy (non-hydrogen) atoms. The zero-order valence-corrected chi connectivity index (χ0v) is 18.7. The van der Waals surface area contributed by atoms with Crippen molar-refractivity contribution in [2.75, 3.05) is 18.9 Å². The number of nitrogens with one attached hydrogen (secondary N) is 2. The minimum Gasteiger partial charge on any atom is -0.492 e. The zero-order valence-electron chi connectivity index (χ0n) is 17.0. The van der Waals surface area contributed by atoms with E-state index in [9.17, 15) is 9.59 Å². The summed E-state index contributed by atoms with van der Waals surface area (Å²) in [4.78, 5) is 25.0. The predicted octanol–water partition coefficient (Wildman–Crippen LogP) is 1.84. The number of thiol groups is 1. The molecule has 0 aromatic heterocycles. The van der Waals surface area contributed by atoms with Crippen LogP contribution in [0.25, 0.3) is 0 Å². The fourth-order valence-electron chi connectivity index (χ4n) is 3.49. The van der Waals surface area contributed by atoms with E-state index in [2.05, 4.69) is 23.3 Å². The van der Waals surface area contributed by atoms with Gasteiger partial charge in [0.15, 0.2) is 0 Å². The number of carbonyl (C=O) groups excluding carboxylic acids is 2. The van der Waals surface area contributed by atoms with Crippen LogP contribution in [0.4, 0.5) is 0 Å². The number of benzene rings is 2. The second-order valence-electron chi connectivity index (χ2n) is 7.52. The molecule has 3 rings (SSSR count). The van der Waals surface area contributed by atoms with Crippen molar-refractivity contribution in [3.63, 3.8) is 0 Å². The second kappa shape index (κ2) is 10.9. The number of hydrogen-bond acceptors (Lipinski definition) is 6. The van der Waals surface area contributed by atoms with E-state index in [1.807, 2.05) is 6.07 Å². The number of amides is 2. The summed E-state index contributed by atoms with van der Waals surface area (Å²) in [6, 6.07) is 11.5. The SMILES string of the molecule is NC(=O)[C@@H](Cc1ccc(Cl)cc1)NC(=O)c1cccc2c1OCCC2NC[C@@H](N)CS. The van der Waals surface area contributed by atoms with Crippen molar-refractivity contribution < 1.29 is 14.3 Å². The first-order valence-corrected chi connectivity index (χ1v) is 11.1. The summed E-state index contributed by atoms with van der Waals surface area (Å²) in [6.07, 6.45) is 1.03. The summed E-state index contributed by atoms with van der Waals surface area (Å²) in [6.45, 7) is 1.07. The van der Waals surface area contributed by atoms with E-state index in [0.717, 1.165) is 17.5 Å². The van der Waals surface area contributed by atoms with E-state index in [0.29, 0.717) is 35.2 Å². The van der Waals surface area contributed by atoms with E-state index < -0.39 is 17.9 Å². The Morgan fingerprint density at radius 2 is 1.97 bits per heavy atom. The summed E-state index contributed by atoms with van der Waals surface area (Å²) in [5.41, 5.74) is 13.6. The standard InChI is InChI=1S/C22H27ClN4O3S/c23-14-6-4-13(5-7-14)10-19(21(25)28)27-22(29)17-3-1-2-16-18(8-9-30-20(16)17)26-11-15(24)12-31/h1-7,15,18-19,26,31H,8-12,24H2,(H2,25,28)(H,27,29)/t15-,18?,19-/m1/s1. The van der Waals surface area contributed by atoms with Gasteiger partial charge in [0.1, 0.15) is 11.8 Å². The maximum atomic E-state index is 13.0. The van der Waals surface area contributed by atoms with E-state index in [4.69, 9.17) is 27.8 Å². The lowest BCUT2D eigenvalue weighted by Crippen LogP contribution is -2.46. The highest BCUT2D eigenvalue weighted by Crippen LogP contribution is 2.35. The fourth-order valence-corrected chi connectivity index (χ4v) is 3.74. The van der Waals surface area contributed by atoms with Crippen molar-refractivity contribution in [1.29, 1.82) is 0 Å². The van der Waals surface area contributed by atoms with Crippen LogP contribution in [0.3, 0.4) is 0 Å². The molecule has 2 amide bonds. The Morgan fingerprint density at radius 3 is 2.65 bits per heavy atom. The highest BCUT2D eigenvalue weighted by atomic mass is 35.5. The highest BCUT2D eigenvalue weighted by Gasteiger charge is 2.28. The minimum absolute atomic E-state index is 0.0171. The molecule has 1 aliphatic heterocycles. The number of primary amides is 1. The van der Waals surface area contributed by atoms with E-state index >= 15 is 0 Å². The van der Waals surface area contributed by atoms with Crippen LogP contribution < -0.4 is 26.8 Å². The normalized spacial score (nSPS) is 17.2. The van der Waals surface area contributed by atoms with Gasteiger partial charge in [0.05, 0.1) is 12.2 Å². The molecule has 3 atom stereocenters. The molecule has 2 aromatic carbocycles. The number of hydrogen-bond donors (Lipinski definition) is 5. The summed E-state index contributed by atoms with van der Waals surface area (Å²) < 4.78 is 5.83. The Kier molecular flexibility index (Phi) is 8.20. The molecule has 6 N–H and O–H groups in total. The number of fused-ring (bicyclic) bond motifs is 1. The summed E-state index contributed by atoms with van der Waals surface area (Å²) >= 11 is 10.1. The summed E-state index contributed by atoms with van der Waals surface area (Å²) in [7, 11) is 0. The molecule has 0 bridgehead atoms. The van der Waals surface area contributed by atoms with Crippen LogP contribution in [0.1, 0.15) is 33.9 Å². The van der Waals surface area contributed by atoms with E-state index in [1.54, 1.807) is 36.4 Å². The molecule has 0 spiro atoms. The van der Waals surface area contributed by atoms with Gasteiger partial charge in [-0.2, -0.15) is 12.6 Å². The molecule has 0 saturated heterocycles. The zero-order chi connectivity index (χ0) is 22.4. The third-order valence-electron chi connectivity index (χ3n) is 5.18. The summed E-state index contributed by atoms with van der Waals surface area (Å²) in [5, 5.41) is 6.76. The largest absolute Gasteiger partial charge is 0.492 e. The summed E-state index contributed by atoms with van der Waals surface area (Å²) in [5.74, 6) is 0.0581. The quantitative estimate of drug-likeness (QED) is 0.364. The van der Waals surface area contributed by atoms with E-state index in [1.165, 1.54) is 0 Å². The van der Waals surface area contributed by atoms with Crippen LogP contribution in [0.15, 0.2) is 42.5 Å². The molecule has 1 heterocycles. The lowest BCUT2D eigenvalue weighted by atomic mass is 9.96. The highest BCUT2D eigenvalue weighted by molar-refractivity contribution is 7.80. The van der Waals surface area contributed by atoms with Crippen LogP contribution in [0.2, 0.25) is 5.02 Å². The van der Waals surface area contributed by atoms with Crippen molar-refractivity contribution in [2.24, 2.45) is 11.5 Å².